The Morgan fingerprint density at radius 1 is 1.16 bits per heavy atom. The number of hydrogen-bond donors (Lipinski definition) is 1. The third-order valence-electron chi connectivity index (χ3n) is 4.58. The van der Waals surface area contributed by atoms with Crippen LogP contribution in [-0.4, -0.2) is 35.5 Å². The van der Waals surface area contributed by atoms with Crippen LogP contribution in [0.15, 0.2) is 42.5 Å². The molecule has 1 atom stereocenters. The zero-order valence-corrected chi connectivity index (χ0v) is 14.4. The molecule has 0 bridgehead atoms. The maximum atomic E-state index is 13.0. The van der Waals surface area contributed by atoms with Gasteiger partial charge in [0.1, 0.15) is 5.75 Å². The van der Waals surface area contributed by atoms with Crippen LogP contribution in [0.1, 0.15) is 50.7 Å². The molecule has 5 heteroatoms. The van der Waals surface area contributed by atoms with E-state index >= 15 is 0 Å². The zero-order valence-electron chi connectivity index (χ0n) is 14.4. The Morgan fingerprint density at radius 2 is 1.88 bits per heavy atom. The first kappa shape index (κ1) is 17.0. The molecule has 1 N–H and O–H groups in total. The highest BCUT2D eigenvalue weighted by atomic mass is 16.5. The van der Waals surface area contributed by atoms with Crippen LogP contribution in [0.2, 0.25) is 0 Å². The highest BCUT2D eigenvalue weighted by Crippen LogP contribution is 2.37. The van der Waals surface area contributed by atoms with Crippen LogP contribution >= 0.6 is 0 Å². The summed E-state index contributed by atoms with van der Waals surface area (Å²) in [4.78, 5) is 26.1. The number of ether oxygens (including phenoxy) is 1. The van der Waals surface area contributed by atoms with E-state index in [0.29, 0.717) is 12.1 Å². The number of amides is 1. The van der Waals surface area contributed by atoms with Crippen molar-refractivity contribution in [3.63, 3.8) is 0 Å². The van der Waals surface area contributed by atoms with Gasteiger partial charge in [-0.2, -0.15) is 0 Å². The van der Waals surface area contributed by atoms with Crippen LogP contribution < -0.4 is 4.74 Å². The second kappa shape index (κ2) is 6.97. The maximum absolute atomic E-state index is 13.0. The van der Waals surface area contributed by atoms with Gasteiger partial charge in [0.05, 0.1) is 18.7 Å². The van der Waals surface area contributed by atoms with E-state index in [-0.39, 0.29) is 17.5 Å². The summed E-state index contributed by atoms with van der Waals surface area (Å²) in [5.74, 6) is -0.400. The molecule has 2 aromatic carbocycles. The molecule has 0 saturated carbocycles. The minimum absolute atomic E-state index is 0.0579. The van der Waals surface area contributed by atoms with Gasteiger partial charge in [0.25, 0.3) is 5.91 Å². The average molecular weight is 339 g/mol. The van der Waals surface area contributed by atoms with E-state index in [1.165, 1.54) is 6.07 Å². The van der Waals surface area contributed by atoms with E-state index in [1.807, 2.05) is 29.2 Å². The van der Waals surface area contributed by atoms with Crippen molar-refractivity contribution in [2.24, 2.45) is 0 Å². The van der Waals surface area contributed by atoms with Gasteiger partial charge in [-0.1, -0.05) is 18.2 Å². The van der Waals surface area contributed by atoms with Crippen molar-refractivity contribution in [1.82, 2.24) is 4.90 Å². The number of methoxy groups -OCH3 is 1. The lowest BCUT2D eigenvalue weighted by atomic mass is 10.0. The molecule has 0 aromatic heterocycles. The van der Waals surface area contributed by atoms with E-state index < -0.39 is 5.97 Å². The first-order valence-electron chi connectivity index (χ1n) is 8.30. The fraction of sp³-hybridized carbons (Fsp3) is 0.300. The van der Waals surface area contributed by atoms with Crippen LogP contribution in [0.4, 0.5) is 0 Å². The molecule has 130 valence electrons. The molecule has 1 amide bonds. The Bertz CT molecular complexity index is 815. The van der Waals surface area contributed by atoms with E-state index in [0.717, 1.165) is 29.7 Å². The smallest absolute Gasteiger partial charge is 0.335 e. The largest absolute Gasteiger partial charge is 0.496 e. The lowest BCUT2D eigenvalue weighted by Gasteiger charge is -2.26. The predicted molar refractivity (Wildman–Crippen MR) is 94.1 cm³/mol. The second-order valence-electron chi connectivity index (χ2n) is 6.29. The molecule has 1 fully saturated rings. The molecule has 25 heavy (non-hydrogen) atoms. The molecule has 1 unspecified atom stereocenters. The summed E-state index contributed by atoms with van der Waals surface area (Å²) in [6, 6.07) is 12.4. The molecule has 1 heterocycles. The van der Waals surface area contributed by atoms with Crippen LogP contribution in [-0.2, 0) is 0 Å². The summed E-state index contributed by atoms with van der Waals surface area (Å²) in [7, 11) is 1.62. The van der Waals surface area contributed by atoms with E-state index in [1.54, 1.807) is 26.2 Å². The topological polar surface area (TPSA) is 66.8 Å². The average Bonchev–Trinajstić information content (AvgIpc) is 3.09. The predicted octanol–water partition coefficient (Wildman–Crippen LogP) is 3.68. The first-order valence-corrected chi connectivity index (χ1v) is 8.30. The molecular formula is C20H21NO4. The minimum Gasteiger partial charge on any atom is -0.496 e. The number of aromatic carboxylic acids is 1. The van der Waals surface area contributed by atoms with Crippen LogP contribution in [0, 0.1) is 6.92 Å². The normalized spacial score (nSPS) is 16.7. The van der Waals surface area contributed by atoms with Gasteiger partial charge < -0.3 is 14.7 Å². The minimum atomic E-state index is -1.03. The molecule has 2 aromatic rings. The summed E-state index contributed by atoms with van der Waals surface area (Å²) in [5.41, 5.74) is 2.30. The van der Waals surface area contributed by atoms with Crippen molar-refractivity contribution in [2.45, 2.75) is 25.8 Å². The van der Waals surface area contributed by atoms with Crippen molar-refractivity contribution in [3.05, 3.63) is 64.7 Å². The highest BCUT2D eigenvalue weighted by Gasteiger charge is 2.32. The van der Waals surface area contributed by atoms with Crippen LogP contribution in [0.5, 0.6) is 5.75 Å². The van der Waals surface area contributed by atoms with Crippen molar-refractivity contribution in [3.8, 4) is 5.75 Å². The van der Waals surface area contributed by atoms with Gasteiger partial charge in [-0.25, -0.2) is 4.79 Å². The van der Waals surface area contributed by atoms with Gasteiger partial charge in [0, 0.05) is 17.7 Å². The Hall–Kier alpha value is -2.82. The lowest BCUT2D eigenvalue weighted by molar-refractivity contribution is 0.0696. The molecule has 1 aliphatic rings. The van der Waals surface area contributed by atoms with Gasteiger partial charge in [0.2, 0.25) is 0 Å². The molecule has 1 aliphatic heterocycles. The Kier molecular flexibility index (Phi) is 4.74. The lowest BCUT2D eigenvalue weighted by Crippen LogP contribution is -2.31. The van der Waals surface area contributed by atoms with Crippen molar-refractivity contribution in [2.75, 3.05) is 13.7 Å². The Labute approximate surface area is 146 Å². The van der Waals surface area contributed by atoms with Gasteiger partial charge in [-0.05, 0) is 49.6 Å². The third kappa shape index (κ3) is 3.36. The fourth-order valence-corrected chi connectivity index (χ4v) is 3.47. The Morgan fingerprint density at radius 3 is 2.60 bits per heavy atom. The number of carbonyl (C=O) groups is 2. The standard InChI is InChI=1S/C20H21NO4/c1-13-10-14(12-15(11-13)20(23)24)19(22)21-9-5-7-17(21)16-6-3-4-8-18(16)25-2/h3-4,6,8,10-12,17H,5,7,9H2,1-2H3,(H,23,24). The number of nitrogens with zero attached hydrogens (tertiary/aromatic N) is 1. The van der Waals surface area contributed by atoms with Crippen molar-refractivity contribution < 1.29 is 19.4 Å². The number of aryl methyl sites for hydroxylation is 1. The van der Waals surface area contributed by atoms with E-state index in [2.05, 4.69) is 0 Å². The Balaban J connectivity index is 1.95. The molecular weight excluding hydrogens is 318 g/mol. The quantitative estimate of drug-likeness (QED) is 0.923. The zero-order chi connectivity index (χ0) is 18.0. The monoisotopic (exact) mass is 339 g/mol. The van der Waals surface area contributed by atoms with Crippen molar-refractivity contribution in [1.29, 1.82) is 0 Å². The number of hydrogen-bond acceptors (Lipinski definition) is 3. The molecule has 3 rings (SSSR count). The number of benzene rings is 2. The van der Waals surface area contributed by atoms with Crippen LogP contribution in [0.25, 0.3) is 0 Å². The number of likely N-dealkylation sites (tertiary alicyclic amines) is 1. The fourth-order valence-electron chi connectivity index (χ4n) is 3.47. The summed E-state index contributed by atoms with van der Waals surface area (Å²) in [6.07, 6.45) is 1.77. The second-order valence-corrected chi connectivity index (χ2v) is 6.29. The molecule has 0 aliphatic carbocycles. The van der Waals surface area contributed by atoms with Gasteiger partial charge in [-0.3, -0.25) is 4.79 Å². The molecule has 5 nitrogen and oxygen atoms in total. The van der Waals surface area contributed by atoms with E-state index in [9.17, 15) is 14.7 Å². The van der Waals surface area contributed by atoms with Crippen molar-refractivity contribution >= 4 is 11.9 Å². The number of carbonyl (C=O) groups excluding carboxylic acids is 1. The van der Waals surface area contributed by atoms with E-state index in [4.69, 9.17) is 4.74 Å². The molecule has 0 radical (unpaired) electrons. The van der Waals surface area contributed by atoms with Gasteiger partial charge in [0.15, 0.2) is 0 Å². The number of carboxylic acids is 1. The summed E-state index contributed by atoms with van der Waals surface area (Å²) < 4.78 is 5.45. The number of carboxylic acid groups (broad SMARTS) is 1. The van der Waals surface area contributed by atoms with Crippen LogP contribution in [0.3, 0.4) is 0 Å². The van der Waals surface area contributed by atoms with Gasteiger partial charge >= 0.3 is 5.97 Å². The first-order chi connectivity index (χ1) is 12.0. The van der Waals surface area contributed by atoms with Gasteiger partial charge in [-0.15, -0.1) is 0 Å². The molecule has 1 saturated heterocycles. The molecule has 0 spiro atoms. The third-order valence-corrected chi connectivity index (χ3v) is 4.58. The summed E-state index contributed by atoms with van der Waals surface area (Å²) in [5, 5.41) is 9.24. The SMILES string of the molecule is COc1ccccc1C1CCCN1C(=O)c1cc(C)cc(C(=O)O)c1. The highest BCUT2D eigenvalue weighted by molar-refractivity contribution is 5.98. The maximum Gasteiger partial charge on any atom is 0.335 e. The number of para-hydroxylation sites is 1. The number of rotatable bonds is 4. The summed E-state index contributed by atoms with van der Waals surface area (Å²) >= 11 is 0. The summed E-state index contributed by atoms with van der Waals surface area (Å²) in [6.45, 7) is 2.45.